The zero-order valence-electron chi connectivity index (χ0n) is 15.9. The number of non-ortho nitro benzene ring substituents is 1. The molecule has 0 N–H and O–H groups in total. The van der Waals surface area contributed by atoms with Gasteiger partial charge in [-0.15, -0.1) is 0 Å². The fraction of sp³-hybridized carbons (Fsp3) is 0.286. The summed E-state index contributed by atoms with van der Waals surface area (Å²) >= 11 is 0. The number of hydrogen-bond donors (Lipinski definition) is 0. The van der Waals surface area contributed by atoms with Crippen molar-refractivity contribution in [3.63, 3.8) is 0 Å². The SMILES string of the molecule is Cc1cn2c3c(c(N4CC[C@H](C)C4)c(F)cc3c1=O)Oc1cc([N+](=O)[O-])ccc1-2. The fourth-order valence-electron chi connectivity index (χ4n) is 4.27. The maximum atomic E-state index is 15.2. The van der Waals surface area contributed by atoms with E-state index < -0.39 is 10.7 Å². The highest BCUT2D eigenvalue weighted by molar-refractivity contribution is 5.95. The normalized spacial score (nSPS) is 17.3. The monoisotopic (exact) mass is 395 g/mol. The number of fused-ring (bicyclic) bond motifs is 2. The van der Waals surface area contributed by atoms with Crippen LogP contribution in [0.25, 0.3) is 16.6 Å². The van der Waals surface area contributed by atoms with Gasteiger partial charge in [0.05, 0.1) is 22.1 Å². The Morgan fingerprint density at radius 3 is 2.79 bits per heavy atom. The zero-order valence-corrected chi connectivity index (χ0v) is 15.9. The number of nitrogens with zero attached hydrogens (tertiary/aromatic N) is 3. The number of rotatable bonds is 2. The van der Waals surface area contributed by atoms with Crippen LogP contribution in [0.15, 0.2) is 35.3 Å². The van der Waals surface area contributed by atoms with Gasteiger partial charge in [-0.25, -0.2) is 4.39 Å². The topological polar surface area (TPSA) is 77.6 Å². The maximum Gasteiger partial charge on any atom is 0.273 e. The summed E-state index contributed by atoms with van der Waals surface area (Å²) in [5.41, 5.74) is 1.44. The van der Waals surface area contributed by atoms with E-state index in [4.69, 9.17) is 4.74 Å². The molecule has 1 saturated heterocycles. The molecule has 1 atom stereocenters. The van der Waals surface area contributed by atoms with Crippen LogP contribution in [0, 0.1) is 28.8 Å². The number of ether oxygens (including phenoxy) is 1. The van der Waals surface area contributed by atoms with Crippen molar-refractivity contribution in [2.24, 2.45) is 5.92 Å². The van der Waals surface area contributed by atoms with E-state index in [9.17, 15) is 14.9 Å². The van der Waals surface area contributed by atoms with Gasteiger partial charge in [0.25, 0.3) is 5.69 Å². The number of aryl methyl sites for hydroxylation is 1. The molecule has 5 rings (SSSR count). The van der Waals surface area contributed by atoms with E-state index in [2.05, 4.69) is 6.92 Å². The summed E-state index contributed by atoms with van der Waals surface area (Å²) in [4.78, 5) is 25.4. The summed E-state index contributed by atoms with van der Waals surface area (Å²) < 4.78 is 23.0. The Morgan fingerprint density at radius 1 is 1.31 bits per heavy atom. The third kappa shape index (κ3) is 2.52. The van der Waals surface area contributed by atoms with Crippen LogP contribution < -0.4 is 15.1 Å². The first-order valence-corrected chi connectivity index (χ1v) is 9.45. The Balaban J connectivity index is 1.86. The van der Waals surface area contributed by atoms with Gasteiger partial charge < -0.3 is 14.2 Å². The third-order valence-electron chi connectivity index (χ3n) is 5.71. The quantitative estimate of drug-likeness (QED) is 0.374. The van der Waals surface area contributed by atoms with Gasteiger partial charge in [-0.05, 0) is 31.4 Å². The molecule has 2 aliphatic rings. The number of anilines is 1. The van der Waals surface area contributed by atoms with E-state index in [1.54, 1.807) is 23.8 Å². The van der Waals surface area contributed by atoms with Gasteiger partial charge in [-0.2, -0.15) is 0 Å². The lowest BCUT2D eigenvalue weighted by Gasteiger charge is -2.29. The number of halogens is 1. The second-order valence-electron chi connectivity index (χ2n) is 7.79. The lowest BCUT2D eigenvalue weighted by molar-refractivity contribution is -0.384. The minimum atomic E-state index is -0.523. The minimum absolute atomic E-state index is 0.117. The van der Waals surface area contributed by atoms with E-state index in [0.29, 0.717) is 41.5 Å². The van der Waals surface area contributed by atoms with Crippen LogP contribution in [0.5, 0.6) is 11.5 Å². The fourth-order valence-corrected chi connectivity index (χ4v) is 4.27. The van der Waals surface area contributed by atoms with Crippen molar-refractivity contribution in [2.75, 3.05) is 18.0 Å². The van der Waals surface area contributed by atoms with Crippen molar-refractivity contribution in [3.05, 3.63) is 62.2 Å². The number of aromatic nitrogens is 1. The molecule has 7 nitrogen and oxygen atoms in total. The lowest BCUT2D eigenvalue weighted by Crippen LogP contribution is -2.23. The molecule has 8 heteroatoms. The molecule has 0 saturated carbocycles. The summed E-state index contributed by atoms with van der Waals surface area (Å²) in [6, 6.07) is 5.58. The van der Waals surface area contributed by atoms with Crippen LogP contribution >= 0.6 is 0 Å². The molecule has 1 aromatic heterocycles. The first kappa shape index (κ1) is 17.7. The van der Waals surface area contributed by atoms with Crippen LogP contribution in [0.1, 0.15) is 18.9 Å². The molecule has 2 aromatic carbocycles. The summed E-state index contributed by atoms with van der Waals surface area (Å²) in [6.45, 7) is 5.12. The Hall–Kier alpha value is -3.42. The molecule has 3 heterocycles. The first-order valence-electron chi connectivity index (χ1n) is 9.45. The third-order valence-corrected chi connectivity index (χ3v) is 5.71. The zero-order chi connectivity index (χ0) is 20.4. The molecular formula is C21H18FN3O4. The minimum Gasteiger partial charge on any atom is -0.450 e. The summed E-state index contributed by atoms with van der Waals surface area (Å²) in [7, 11) is 0. The molecule has 3 aromatic rings. The van der Waals surface area contributed by atoms with Crippen LogP contribution in [0.3, 0.4) is 0 Å². The van der Waals surface area contributed by atoms with Crippen molar-refractivity contribution in [3.8, 4) is 17.2 Å². The van der Waals surface area contributed by atoms with E-state index in [-0.39, 0.29) is 28.0 Å². The van der Waals surface area contributed by atoms with Gasteiger partial charge >= 0.3 is 0 Å². The van der Waals surface area contributed by atoms with Gasteiger partial charge in [0.1, 0.15) is 11.2 Å². The molecule has 148 valence electrons. The Labute approximate surface area is 165 Å². The molecule has 2 aliphatic heterocycles. The predicted molar refractivity (Wildman–Crippen MR) is 107 cm³/mol. The largest absolute Gasteiger partial charge is 0.450 e. The van der Waals surface area contributed by atoms with Gasteiger partial charge in [-0.1, -0.05) is 6.92 Å². The second kappa shape index (κ2) is 6.04. The second-order valence-corrected chi connectivity index (χ2v) is 7.79. The van der Waals surface area contributed by atoms with E-state index in [1.807, 2.05) is 4.90 Å². The highest BCUT2D eigenvalue weighted by Crippen LogP contribution is 2.48. The standard InChI is InChI=1S/C21H18FN3O4/c1-11-5-6-23(9-11)19-15(22)8-14-18-21(19)29-17-7-13(25(27)28)3-4-16(17)24(18)10-12(2)20(14)26/h3-4,7-8,10-11H,5-6,9H2,1-2H3/t11-/m0/s1. The van der Waals surface area contributed by atoms with Gasteiger partial charge in [0.2, 0.25) is 0 Å². The average molecular weight is 395 g/mol. The average Bonchev–Trinajstić information content (AvgIpc) is 3.10. The number of benzene rings is 2. The molecule has 0 spiro atoms. The van der Waals surface area contributed by atoms with Crippen molar-refractivity contribution >= 4 is 22.3 Å². The van der Waals surface area contributed by atoms with E-state index >= 15 is 4.39 Å². The van der Waals surface area contributed by atoms with Crippen molar-refractivity contribution in [2.45, 2.75) is 20.3 Å². The Bertz CT molecular complexity index is 1270. The molecular weight excluding hydrogens is 377 g/mol. The molecule has 1 fully saturated rings. The first-order chi connectivity index (χ1) is 13.8. The van der Waals surface area contributed by atoms with Crippen molar-refractivity contribution < 1.29 is 14.1 Å². The Kier molecular flexibility index (Phi) is 3.68. The van der Waals surface area contributed by atoms with Crippen LogP contribution in [0.4, 0.5) is 15.8 Å². The summed E-state index contributed by atoms with van der Waals surface area (Å²) in [6.07, 6.45) is 2.61. The molecule has 0 amide bonds. The molecule has 0 radical (unpaired) electrons. The molecule has 0 aliphatic carbocycles. The van der Waals surface area contributed by atoms with Crippen molar-refractivity contribution in [1.82, 2.24) is 4.57 Å². The highest BCUT2D eigenvalue weighted by atomic mass is 19.1. The summed E-state index contributed by atoms with van der Waals surface area (Å²) in [5.74, 6) is 0.383. The predicted octanol–water partition coefficient (Wildman–Crippen LogP) is 4.30. The highest BCUT2D eigenvalue weighted by Gasteiger charge is 2.32. The maximum absolute atomic E-state index is 15.2. The van der Waals surface area contributed by atoms with Gasteiger partial charge in [-0.3, -0.25) is 14.9 Å². The van der Waals surface area contributed by atoms with Crippen LogP contribution in [-0.4, -0.2) is 22.6 Å². The molecule has 29 heavy (non-hydrogen) atoms. The van der Waals surface area contributed by atoms with Gasteiger partial charge in [0, 0.05) is 30.9 Å². The van der Waals surface area contributed by atoms with E-state index in [1.165, 1.54) is 18.2 Å². The van der Waals surface area contributed by atoms with Gasteiger partial charge in [0.15, 0.2) is 22.7 Å². The number of nitro benzene ring substituents is 1. The smallest absolute Gasteiger partial charge is 0.273 e. The van der Waals surface area contributed by atoms with Crippen LogP contribution in [-0.2, 0) is 0 Å². The number of nitro groups is 1. The molecule has 0 bridgehead atoms. The molecule has 0 unspecified atom stereocenters. The van der Waals surface area contributed by atoms with E-state index in [0.717, 1.165) is 6.42 Å². The number of hydrogen-bond acceptors (Lipinski definition) is 5. The summed E-state index contributed by atoms with van der Waals surface area (Å²) in [5, 5.41) is 11.5. The van der Waals surface area contributed by atoms with Crippen LogP contribution in [0.2, 0.25) is 0 Å². The van der Waals surface area contributed by atoms with Crippen molar-refractivity contribution in [1.29, 1.82) is 0 Å². The lowest BCUT2D eigenvalue weighted by atomic mass is 10.1. The number of pyridine rings is 1. The Morgan fingerprint density at radius 2 is 2.10 bits per heavy atom.